The first-order valence-electron chi connectivity index (χ1n) is 7.21. The van der Waals surface area contributed by atoms with Crippen molar-refractivity contribution in [1.29, 1.82) is 0 Å². The maximum Gasteiger partial charge on any atom is 0.321 e. The highest BCUT2D eigenvalue weighted by Crippen LogP contribution is 2.23. The zero-order chi connectivity index (χ0) is 15.9. The monoisotopic (exact) mass is 296 g/mol. The lowest BCUT2D eigenvalue weighted by Crippen LogP contribution is -2.27. The number of benzene rings is 2. The predicted molar refractivity (Wildman–Crippen MR) is 89.0 cm³/mol. The van der Waals surface area contributed by atoms with E-state index >= 15 is 0 Å². The van der Waals surface area contributed by atoms with Gasteiger partial charge in [0.25, 0.3) is 0 Å². The van der Waals surface area contributed by atoms with Crippen LogP contribution in [0.1, 0.15) is 12.0 Å². The van der Waals surface area contributed by atoms with Crippen molar-refractivity contribution in [3.05, 3.63) is 54.1 Å². The molecule has 0 radical (unpaired) electrons. The first-order chi connectivity index (χ1) is 10.6. The number of hydrogen-bond donors (Lipinski definition) is 1. The van der Waals surface area contributed by atoms with E-state index in [-0.39, 0.29) is 6.03 Å². The van der Waals surface area contributed by atoms with Crippen molar-refractivity contribution in [2.75, 3.05) is 19.4 Å². The van der Waals surface area contributed by atoms with Gasteiger partial charge in [0.2, 0.25) is 0 Å². The molecule has 2 rings (SSSR count). The molecule has 0 fully saturated rings. The van der Waals surface area contributed by atoms with Crippen molar-refractivity contribution in [2.45, 2.75) is 12.8 Å². The Balaban J connectivity index is 2.13. The number of hydrogen-bond acceptors (Lipinski definition) is 2. The molecule has 0 bridgehead atoms. The van der Waals surface area contributed by atoms with Gasteiger partial charge in [0, 0.05) is 26.2 Å². The quantitative estimate of drug-likeness (QED) is 0.857. The molecule has 0 aliphatic heterocycles. The minimum Gasteiger partial charge on any atom is -0.331 e. The molecule has 0 heterocycles. The molecule has 0 spiro atoms. The molecule has 22 heavy (non-hydrogen) atoms. The summed E-state index contributed by atoms with van der Waals surface area (Å²) in [6.45, 7) is 0. The van der Waals surface area contributed by atoms with Crippen LogP contribution in [0.5, 0.6) is 0 Å². The first-order valence-corrected chi connectivity index (χ1v) is 7.21. The summed E-state index contributed by atoms with van der Waals surface area (Å²) < 4.78 is 0. The maximum atomic E-state index is 11.6. The van der Waals surface area contributed by atoms with Gasteiger partial charge >= 0.3 is 6.03 Å². The van der Waals surface area contributed by atoms with Crippen LogP contribution in [0.4, 0.5) is 10.5 Å². The second-order valence-corrected chi connectivity index (χ2v) is 5.31. The second-order valence-electron chi connectivity index (χ2n) is 5.31. The Hall–Kier alpha value is -2.62. The maximum absolute atomic E-state index is 11.6. The van der Waals surface area contributed by atoms with Gasteiger partial charge in [0.05, 0.1) is 0 Å². The Kier molecular flexibility index (Phi) is 5.31. The van der Waals surface area contributed by atoms with E-state index in [0.717, 1.165) is 35.1 Å². The molecule has 0 aliphatic rings. The van der Waals surface area contributed by atoms with E-state index in [1.165, 1.54) is 4.90 Å². The molecular weight excluding hydrogens is 276 g/mol. The highest BCUT2D eigenvalue weighted by Gasteiger charge is 2.04. The molecule has 1 N–H and O–H groups in total. The predicted octanol–water partition coefficient (Wildman–Crippen LogP) is 3.58. The van der Waals surface area contributed by atoms with Gasteiger partial charge in [-0.15, -0.1) is 0 Å². The van der Waals surface area contributed by atoms with Crippen LogP contribution in [0.3, 0.4) is 0 Å². The van der Waals surface area contributed by atoms with Gasteiger partial charge in [-0.2, -0.15) is 0 Å². The van der Waals surface area contributed by atoms with Crippen LogP contribution in [0.2, 0.25) is 0 Å². The molecule has 0 saturated carbocycles. The van der Waals surface area contributed by atoms with E-state index in [4.69, 9.17) is 0 Å². The Bertz CT molecular complexity index is 648. The lowest BCUT2D eigenvalue weighted by molar-refractivity contribution is -0.107. The van der Waals surface area contributed by atoms with Gasteiger partial charge in [0.15, 0.2) is 0 Å². The fourth-order valence-electron chi connectivity index (χ4n) is 2.11. The number of carbonyl (C=O) groups excluding carboxylic acids is 2. The van der Waals surface area contributed by atoms with Gasteiger partial charge in [-0.3, -0.25) is 0 Å². The number of amides is 2. The van der Waals surface area contributed by atoms with Crippen molar-refractivity contribution in [2.24, 2.45) is 0 Å². The number of nitrogens with zero attached hydrogens (tertiary/aromatic N) is 1. The van der Waals surface area contributed by atoms with Crippen LogP contribution in [0.25, 0.3) is 11.1 Å². The zero-order valence-corrected chi connectivity index (χ0v) is 12.9. The van der Waals surface area contributed by atoms with Crippen LogP contribution in [0, 0.1) is 0 Å². The average molecular weight is 296 g/mol. The number of anilines is 1. The summed E-state index contributed by atoms with van der Waals surface area (Å²) in [5.41, 5.74) is 4.10. The van der Waals surface area contributed by atoms with Gasteiger partial charge in [-0.1, -0.05) is 36.4 Å². The number of rotatable bonds is 5. The summed E-state index contributed by atoms with van der Waals surface area (Å²) >= 11 is 0. The standard InChI is InChI=1S/C18H20N2O2/c1-20(2)18(22)19-17-10-8-15(9-11-17)16-7-3-5-14(13-16)6-4-12-21/h3,5,7-13H,4,6H2,1-2H3,(H,19,22). The number of carbonyl (C=O) groups is 2. The van der Waals surface area contributed by atoms with Crippen molar-refractivity contribution in [3.8, 4) is 11.1 Å². The molecule has 0 aromatic heterocycles. The Morgan fingerprint density at radius 2 is 1.82 bits per heavy atom. The third-order valence-electron chi connectivity index (χ3n) is 3.35. The lowest BCUT2D eigenvalue weighted by atomic mass is 10.0. The van der Waals surface area contributed by atoms with E-state index < -0.39 is 0 Å². The normalized spacial score (nSPS) is 10.1. The summed E-state index contributed by atoms with van der Waals surface area (Å²) in [5, 5.41) is 2.81. The van der Waals surface area contributed by atoms with E-state index in [0.29, 0.717) is 6.42 Å². The summed E-state index contributed by atoms with van der Waals surface area (Å²) in [6.07, 6.45) is 2.24. The SMILES string of the molecule is CN(C)C(=O)Nc1ccc(-c2cccc(CCC=O)c2)cc1. The molecule has 114 valence electrons. The Labute approximate surface area is 130 Å². The molecule has 0 saturated heterocycles. The van der Waals surface area contributed by atoms with Crippen LogP contribution < -0.4 is 5.32 Å². The number of aldehydes is 1. The third-order valence-corrected chi connectivity index (χ3v) is 3.35. The number of urea groups is 1. The highest BCUT2D eigenvalue weighted by atomic mass is 16.2. The van der Waals surface area contributed by atoms with E-state index in [9.17, 15) is 9.59 Å². The van der Waals surface area contributed by atoms with Gasteiger partial charge in [0.1, 0.15) is 6.29 Å². The summed E-state index contributed by atoms with van der Waals surface area (Å²) in [6, 6.07) is 15.7. The van der Waals surface area contributed by atoms with Crippen molar-refractivity contribution >= 4 is 18.0 Å². The van der Waals surface area contributed by atoms with Crippen molar-refractivity contribution in [1.82, 2.24) is 4.90 Å². The number of aryl methyl sites for hydroxylation is 1. The van der Waals surface area contributed by atoms with Gasteiger partial charge in [-0.25, -0.2) is 4.79 Å². The van der Waals surface area contributed by atoms with Crippen LogP contribution >= 0.6 is 0 Å². The topological polar surface area (TPSA) is 49.4 Å². The fourth-order valence-corrected chi connectivity index (χ4v) is 2.11. The zero-order valence-electron chi connectivity index (χ0n) is 12.9. The number of nitrogens with one attached hydrogen (secondary N) is 1. The van der Waals surface area contributed by atoms with Gasteiger partial charge < -0.3 is 15.0 Å². The molecule has 0 aliphatic carbocycles. The summed E-state index contributed by atoms with van der Waals surface area (Å²) in [7, 11) is 3.41. The fraction of sp³-hybridized carbons (Fsp3) is 0.222. The first kappa shape index (κ1) is 15.8. The molecule has 0 unspecified atom stereocenters. The van der Waals surface area contributed by atoms with Crippen LogP contribution in [-0.4, -0.2) is 31.3 Å². The van der Waals surface area contributed by atoms with E-state index in [1.807, 2.05) is 42.5 Å². The van der Waals surface area contributed by atoms with E-state index in [2.05, 4.69) is 11.4 Å². The summed E-state index contributed by atoms with van der Waals surface area (Å²) in [5.74, 6) is 0. The van der Waals surface area contributed by atoms with Crippen molar-refractivity contribution < 1.29 is 9.59 Å². The highest BCUT2D eigenvalue weighted by molar-refractivity contribution is 5.89. The van der Waals surface area contributed by atoms with Crippen molar-refractivity contribution in [3.63, 3.8) is 0 Å². The third kappa shape index (κ3) is 4.19. The average Bonchev–Trinajstić information content (AvgIpc) is 2.53. The van der Waals surface area contributed by atoms with Crippen LogP contribution in [0.15, 0.2) is 48.5 Å². The van der Waals surface area contributed by atoms with Gasteiger partial charge in [-0.05, 0) is 35.2 Å². The minimum atomic E-state index is -0.149. The molecule has 4 heteroatoms. The summed E-state index contributed by atoms with van der Waals surface area (Å²) in [4.78, 5) is 23.6. The Morgan fingerprint density at radius 3 is 2.45 bits per heavy atom. The Morgan fingerprint density at radius 1 is 1.09 bits per heavy atom. The van der Waals surface area contributed by atoms with Crippen LogP contribution in [-0.2, 0) is 11.2 Å². The second kappa shape index (κ2) is 7.41. The molecule has 2 aromatic rings. The molecule has 4 nitrogen and oxygen atoms in total. The smallest absolute Gasteiger partial charge is 0.321 e. The minimum absolute atomic E-state index is 0.149. The molecule has 2 amide bonds. The lowest BCUT2D eigenvalue weighted by Gasteiger charge is -2.12. The van der Waals surface area contributed by atoms with E-state index in [1.54, 1.807) is 14.1 Å². The molecular formula is C18H20N2O2. The molecule has 2 aromatic carbocycles. The molecule has 0 atom stereocenters. The largest absolute Gasteiger partial charge is 0.331 e.